The van der Waals surface area contributed by atoms with Gasteiger partial charge in [-0.15, -0.1) is 0 Å². The topological polar surface area (TPSA) is 35.2 Å². The molecule has 0 aromatic carbocycles. The summed E-state index contributed by atoms with van der Waals surface area (Å²) < 4.78 is 5.88. The molecular formula is C10H19NO. The Bertz CT molecular complexity index is 188. The Kier molecular flexibility index (Phi) is 1.74. The van der Waals surface area contributed by atoms with E-state index in [2.05, 4.69) is 13.8 Å². The lowest BCUT2D eigenvalue weighted by atomic mass is 9.80. The van der Waals surface area contributed by atoms with Gasteiger partial charge in [-0.3, -0.25) is 0 Å². The minimum atomic E-state index is 0.0741. The van der Waals surface area contributed by atoms with Crippen LogP contribution in [-0.4, -0.2) is 18.2 Å². The van der Waals surface area contributed by atoms with Crippen molar-refractivity contribution >= 4 is 0 Å². The molecule has 2 fully saturated rings. The second-order valence-corrected chi connectivity index (χ2v) is 4.89. The van der Waals surface area contributed by atoms with Gasteiger partial charge in [0, 0.05) is 12.6 Å². The molecule has 1 saturated carbocycles. The van der Waals surface area contributed by atoms with E-state index in [1.54, 1.807) is 0 Å². The Hall–Kier alpha value is -0.0800. The zero-order valence-electron chi connectivity index (χ0n) is 8.10. The summed E-state index contributed by atoms with van der Waals surface area (Å²) in [5.41, 5.74) is 6.46. The molecule has 0 bridgehead atoms. The van der Waals surface area contributed by atoms with Crippen molar-refractivity contribution in [3.8, 4) is 0 Å². The average molecular weight is 169 g/mol. The number of hydrogen-bond donors (Lipinski definition) is 1. The molecule has 0 radical (unpaired) electrons. The molecule has 2 nitrogen and oxygen atoms in total. The van der Waals surface area contributed by atoms with E-state index in [9.17, 15) is 0 Å². The third-order valence-corrected chi connectivity index (χ3v) is 3.84. The van der Waals surface area contributed by atoms with Gasteiger partial charge in [-0.1, -0.05) is 6.92 Å². The molecule has 2 aliphatic rings. The third kappa shape index (κ3) is 1.17. The van der Waals surface area contributed by atoms with Gasteiger partial charge in [0.25, 0.3) is 0 Å². The van der Waals surface area contributed by atoms with Crippen LogP contribution in [0.25, 0.3) is 0 Å². The molecule has 2 N–H and O–H groups in total. The molecular weight excluding hydrogens is 150 g/mol. The summed E-state index contributed by atoms with van der Waals surface area (Å²) in [6, 6.07) is 0.362. The first-order valence-electron chi connectivity index (χ1n) is 4.95. The molecule has 1 aliphatic heterocycles. The van der Waals surface area contributed by atoms with Crippen molar-refractivity contribution in [1.82, 2.24) is 0 Å². The zero-order chi connectivity index (χ0) is 8.82. The first-order chi connectivity index (χ1) is 5.56. The summed E-state index contributed by atoms with van der Waals surface area (Å²) in [6.45, 7) is 5.41. The highest BCUT2D eigenvalue weighted by Gasteiger charge is 2.55. The number of nitrogens with two attached hydrogens (primary N) is 1. The van der Waals surface area contributed by atoms with E-state index in [0.717, 1.165) is 19.4 Å². The fourth-order valence-corrected chi connectivity index (χ4v) is 2.23. The van der Waals surface area contributed by atoms with E-state index in [1.807, 2.05) is 0 Å². The molecule has 2 heteroatoms. The zero-order valence-corrected chi connectivity index (χ0v) is 8.10. The van der Waals surface area contributed by atoms with Crippen molar-refractivity contribution in [3.05, 3.63) is 0 Å². The standard InChI is InChI=1S/C10H19NO/c1-9(4-5-9)10(2)7-8(11)3-6-12-10/h8H,3-7,11H2,1-2H3. The van der Waals surface area contributed by atoms with Crippen LogP contribution in [0.5, 0.6) is 0 Å². The van der Waals surface area contributed by atoms with E-state index in [4.69, 9.17) is 10.5 Å². The largest absolute Gasteiger partial charge is 0.375 e. The summed E-state index contributed by atoms with van der Waals surface area (Å²) in [6.07, 6.45) is 4.71. The van der Waals surface area contributed by atoms with Gasteiger partial charge in [-0.05, 0) is 38.0 Å². The van der Waals surface area contributed by atoms with Crippen molar-refractivity contribution in [2.24, 2.45) is 11.1 Å². The smallest absolute Gasteiger partial charge is 0.0722 e. The van der Waals surface area contributed by atoms with Crippen LogP contribution in [0.15, 0.2) is 0 Å². The van der Waals surface area contributed by atoms with Crippen LogP contribution in [0.4, 0.5) is 0 Å². The van der Waals surface area contributed by atoms with Gasteiger partial charge < -0.3 is 10.5 Å². The summed E-state index contributed by atoms with van der Waals surface area (Å²) in [5.74, 6) is 0. The molecule has 2 unspecified atom stereocenters. The summed E-state index contributed by atoms with van der Waals surface area (Å²) in [4.78, 5) is 0. The van der Waals surface area contributed by atoms with Crippen LogP contribution in [0.1, 0.15) is 39.5 Å². The minimum Gasteiger partial charge on any atom is -0.375 e. The van der Waals surface area contributed by atoms with Gasteiger partial charge in [-0.2, -0.15) is 0 Å². The predicted octanol–water partition coefficient (Wildman–Crippen LogP) is 1.68. The van der Waals surface area contributed by atoms with E-state index in [0.29, 0.717) is 11.5 Å². The van der Waals surface area contributed by atoms with Crippen LogP contribution in [0.3, 0.4) is 0 Å². The van der Waals surface area contributed by atoms with E-state index in [1.165, 1.54) is 12.8 Å². The quantitative estimate of drug-likeness (QED) is 0.648. The second kappa shape index (κ2) is 2.46. The monoisotopic (exact) mass is 169 g/mol. The number of ether oxygens (including phenoxy) is 1. The van der Waals surface area contributed by atoms with E-state index < -0.39 is 0 Å². The van der Waals surface area contributed by atoms with Crippen LogP contribution in [0, 0.1) is 5.41 Å². The molecule has 0 aromatic rings. The van der Waals surface area contributed by atoms with Gasteiger partial charge in [-0.25, -0.2) is 0 Å². The fourth-order valence-electron chi connectivity index (χ4n) is 2.23. The SMILES string of the molecule is CC1(C2(C)CC(N)CCO2)CC1. The first kappa shape index (κ1) is 8.52. The van der Waals surface area contributed by atoms with Gasteiger partial charge in [0.2, 0.25) is 0 Å². The Morgan fingerprint density at radius 2 is 2.00 bits per heavy atom. The lowest BCUT2D eigenvalue weighted by molar-refractivity contribution is -0.114. The molecule has 12 heavy (non-hydrogen) atoms. The molecule has 1 aliphatic carbocycles. The second-order valence-electron chi connectivity index (χ2n) is 4.89. The Morgan fingerprint density at radius 3 is 2.50 bits per heavy atom. The highest BCUT2D eigenvalue weighted by Crippen LogP contribution is 2.57. The molecule has 0 amide bonds. The molecule has 0 spiro atoms. The van der Waals surface area contributed by atoms with Gasteiger partial charge in [0.05, 0.1) is 5.60 Å². The number of rotatable bonds is 1. The van der Waals surface area contributed by atoms with Crippen LogP contribution in [0.2, 0.25) is 0 Å². The van der Waals surface area contributed by atoms with Crippen LogP contribution in [-0.2, 0) is 4.74 Å². The van der Waals surface area contributed by atoms with Gasteiger partial charge >= 0.3 is 0 Å². The summed E-state index contributed by atoms with van der Waals surface area (Å²) in [7, 11) is 0. The van der Waals surface area contributed by atoms with Crippen LogP contribution < -0.4 is 5.73 Å². The molecule has 1 saturated heterocycles. The van der Waals surface area contributed by atoms with E-state index in [-0.39, 0.29) is 5.60 Å². The Labute approximate surface area is 74.5 Å². The van der Waals surface area contributed by atoms with Crippen molar-refractivity contribution in [1.29, 1.82) is 0 Å². The van der Waals surface area contributed by atoms with Crippen molar-refractivity contribution in [2.45, 2.75) is 51.2 Å². The first-order valence-corrected chi connectivity index (χ1v) is 4.95. The maximum Gasteiger partial charge on any atom is 0.0722 e. The average Bonchev–Trinajstić information content (AvgIpc) is 2.69. The lowest BCUT2D eigenvalue weighted by Gasteiger charge is -2.42. The minimum absolute atomic E-state index is 0.0741. The van der Waals surface area contributed by atoms with Gasteiger partial charge in [0.15, 0.2) is 0 Å². The molecule has 70 valence electrons. The highest BCUT2D eigenvalue weighted by molar-refractivity contribution is 5.06. The maximum atomic E-state index is 5.95. The van der Waals surface area contributed by atoms with Gasteiger partial charge in [0.1, 0.15) is 0 Å². The molecule has 0 aromatic heterocycles. The number of hydrogen-bond acceptors (Lipinski definition) is 2. The van der Waals surface area contributed by atoms with Crippen molar-refractivity contribution in [2.75, 3.05) is 6.61 Å². The van der Waals surface area contributed by atoms with E-state index >= 15 is 0 Å². The normalized spacial score (nSPS) is 45.8. The summed E-state index contributed by atoms with van der Waals surface area (Å²) in [5, 5.41) is 0. The Balaban J connectivity index is 2.08. The highest BCUT2D eigenvalue weighted by atomic mass is 16.5. The van der Waals surface area contributed by atoms with Crippen molar-refractivity contribution in [3.63, 3.8) is 0 Å². The predicted molar refractivity (Wildman–Crippen MR) is 48.9 cm³/mol. The van der Waals surface area contributed by atoms with Crippen molar-refractivity contribution < 1.29 is 4.74 Å². The molecule has 1 heterocycles. The molecule has 2 rings (SSSR count). The molecule has 2 atom stereocenters. The Morgan fingerprint density at radius 1 is 1.33 bits per heavy atom. The van der Waals surface area contributed by atoms with Crippen LogP contribution >= 0.6 is 0 Å². The summed E-state index contributed by atoms with van der Waals surface area (Å²) >= 11 is 0. The fraction of sp³-hybridized carbons (Fsp3) is 1.00. The lowest BCUT2D eigenvalue weighted by Crippen LogP contribution is -2.48. The maximum absolute atomic E-state index is 5.95. The third-order valence-electron chi connectivity index (χ3n) is 3.84.